The topological polar surface area (TPSA) is 0 Å². The van der Waals surface area contributed by atoms with E-state index in [-0.39, 0.29) is 5.41 Å². The average molecular weight is 356 g/mol. The zero-order valence-electron chi connectivity index (χ0n) is 10.1. The van der Waals surface area contributed by atoms with Crippen LogP contribution in [-0.2, 0) is 0 Å². The van der Waals surface area contributed by atoms with E-state index in [4.69, 9.17) is 0 Å². The van der Waals surface area contributed by atoms with Gasteiger partial charge in [0, 0.05) is 15.2 Å². The molecule has 0 saturated heterocycles. The van der Waals surface area contributed by atoms with E-state index in [1.807, 2.05) is 0 Å². The number of hydrogen-bond donors (Lipinski definition) is 0. The molecule has 0 amide bonds. The monoisotopic (exact) mass is 354 g/mol. The lowest BCUT2D eigenvalue weighted by Crippen LogP contribution is -2.29. The van der Waals surface area contributed by atoms with Crippen LogP contribution in [0.3, 0.4) is 0 Å². The quantitative estimate of drug-likeness (QED) is 0.519. The van der Waals surface area contributed by atoms with Crippen LogP contribution in [0.25, 0.3) is 0 Å². The molecule has 2 atom stereocenters. The fourth-order valence-electron chi connectivity index (χ4n) is 3.58. The highest BCUT2D eigenvalue weighted by molar-refractivity contribution is 9.12. The van der Waals surface area contributed by atoms with Crippen molar-refractivity contribution in [1.82, 2.24) is 0 Å². The first-order valence-corrected chi connectivity index (χ1v) is 7.87. The lowest BCUT2D eigenvalue weighted by molar-refractivity contribution is 0.344. The fraction of sp³-hybridized carbons (Fsp3) is 0.467. The summed E-state index contributed by atoms with van der Waals surface area (Å²) in [7, 11) is 0. The van der Waals surface area contributed by atoms with Gasteiger partial charge in [0.25, 0.3) is 0 Å². The van der Waals surface area contributed by atoms with Crippen LogP contribution in [0.1, 0.15) is 26.7 Å². The fourth-order valence-corrected chi connectivity index (χ4v) is 5.68. The van der Waals surface area contributed by atoms with Crippen molar-refractivity contribution < 1.29 is 0 Å². The SMILES string of the molecule is CC1(C)C2=C(CCC=C2Br)C2=CC=C[C@@H](Br)C21. The smallest absolute Gasteiger partial charge is 0.0405 e. The van der Waals surface area contributed by atoms with Crippen molar-refractivity contribution in [3.05, 3.63) is 45.5 Å². The number of alkyl halides is 1. The number of halogens is 2. The van der Waals surface area contributed by atoms with E-state index in [1.54, 1.807) is 11.1 Å². The Morgan fingerprint density at radius 3 is 2.88 bits per heavy atom. The largest absolute Gasteiger partial charge is 0.0838 e. The van der Waals surface area contributed by atoms with Crippen LogP contribution in [0.5, 0.6) is 0 Å². The second kappa shape index (κ2) is 3.96. The number of hydrogen-bond acceptors (Lipinski definition) is 0. The van der Waals surface area contributed by atoms with Crippen molar-refractivity contribution in [2.45, 2.75) is 31.5 Å². The molecule has 0 fully saturated rings. The Labute approximate surface area is 120 Å². The van der Waals surface area contributed by atoms with Gasteiger partial charge in [0.15, 0.2) is 0 Å². The van der Waals surface area contributed by atoms with Gasteiger partial charge in [-0.2, -0.15) is 0 Å². The predicted molar refractivity (Wildman–Crippen MR) is 80.5 cm³/mol. The van der Waals surface area contributed by atoms with Gasteiger partial charge < -0.3 is 0 Å². The minimum absolute atomic E-state index is 0.218. The summed E-state index contributed by atoms with van der Waals surface area (Å²) in [5, 5.41) is 0. The molecule has 0 N–H and O–H groups in total. The molecule has 1 unspecified atom stereocenters. The summed E-state index contributed by atoms with van der Waals surface area (Å²) in [5.74, 6) is 0.580. The summed E-state index contributed by atoms with van der Waals surface area (Å²) in [6, 6.07) is 0. The molecule has 0 spiro atoms. The van der Waals surface area contributed by atoms with E-state index in [0.29, 0.717) is 10.7 Å². The van der Waals surface area contributed by atoms with Gasteiger partial charge in [-0.05, 0) is 35.0 Å². The number of fused-ring (bicyclic) bond motifs is 2. The van der Waals surface area contributed by atoms with Gasteiger partial charge in [0.05, 0.1) is 0 Å². The summed E-state index contributed by atoms with van der Waals surface area (Å²) >= 11 is 7.60. The van der Waals surface area contributed by atoms with Gasteiger partial charge in [-0.3, -0.25) is 0 Å². The molecule has 17 heavy (non-hydrogen) atoms. The molecular weight excluding hydrogens is 340 g/mol. The Bertz CT molecular complexity index is 489. The molecule has 3 aliphatic carbocycles. The summed E-state index contributed by atoms with van der Waals surface area (Å²) in [6.07, 6.45) is 11.5. The number of rotatable bonds is 0. The highest BCUT2D eigenvalue weighted by Gasteiger charge is 2.48. The molecule has 0 saturated carbocycles. The van der Waals surface area contributed by atoms with Crippen LogP contribution in [0, 0.1) is 11.3 Å². The molecule has 0 bridgehead atoms. The van der Waals surface area contributed by atoms with Gasteiger partial charge in [-0.25, -0.2) is 0 Å². The number of allylic oxidation sites excluding steroid dienone is 8. The summed E-state index contributed by atoms with van der Waals surface area (Å²) in [4.78, 5) is 0.461. The minimum atomic E-state index is 0.218. The molecule has 3 rings (SSSR count). The summed E-state index contributed by atoms with van der Waals surface area (Å²) in [5.41, 5.74) is 4.89. The average Bonchev–Trinajstić information content (AvgIpc) is 2.50. The highest BCUT2D eigenvalue weighted by atomic mass is 79.9. The Balaban J connectivity index is 2.20. The van der Waals surface area contributed by atoms with Crippen molar-refractivity contribution in [1.29, 1.82) is 0 Å². The van der Waals surface area contributed by atoms with E-state index in [1.165, 1.54) is 16.5 Å². The third kappa shape index (κ3) is 1.60. The van der Waals surface area contributed by atoms with Gasteiger partial charge in [-0.15, -0.1) is 0 Å². The Morgan fingerprint density at radius 1 is 1.35 bits per heavy atom. The van der Waals surface area contributed by atoms with Crippen LogP contribution in [0.2, 0.25) is 0 Å². The van der Waals surface area contributed by atoms with Gasteiger partial charge >= 0.3 is 0 Å². The molecule has 0 aromatic carbocycles. The van der Waals surface area contributed by atoms with Gasteiger partial charge in [0.1, 0.15) is 0 Å². The first-order chi connectivity index (χ1) is 8.03. The zero-order chi connectivity index (χ0) is 12.2. The van der Waals surface area contributed by atoms with Crippen molar-refractivity contribution in [2.24, 2.45) is 11.3 Å². The lowest BCUT2D eigenvalue weighted by Gasteiger charge is -2.34. The predicted octanol–water partition coefficient (Wildman–Crippen LogP) is 5.27. The summed E-state index contributed by atoms with van der Waals surface area (Å²) < 4.78 is 1.32. The molecule has 3 aliphatic rings. The zero-order valence-corrected chi connectivity index (χ0v) is 13.3. The third-order valence-electron chi connectivity index (χ3n) is 4.25. The summed E-state index contributed by atoms with van der Waals surface area (Å²) in [6.45, 7) is 4.75. The second-order valence-corrected chi connectivity index (χ2v) is 7.51. The Morgan fingerprint density at radius 2 is 2.12 bits per heavy atom. The Kier molecular flexibility index (Phi) is 2.79. The van der Waals surface area contributed by atoms with Crippen LogP contribution >= 0.6 is 31.9 Å². The molecule has 0 radical (unpaired) electrons. The minimum Gasteiger partial charge on any atom is -0.0838 e. The maximum Gasteiger partial charge on any atom is 0.0405 e. The second-order valence-electron chi connectivity index (χ2n) is 5.59. The molecular formula is C15H16Br2. The van der Waals surface area contributed by atoms with E-state index < -0.39 is 0 Å². The van der Waals surface area contributed by atoms with E-state index in [0.717, 1.165) is 6.42 Å². The molecule has 90 valence electrons. The first-order valence-electron chi connectivity index (χ1n) is 6.16. The molecule has 0 aromatic rings. The molecule has 0 aromatic heterocycles. The maximum atomic E-state index is 3.84. The van der Waals surface area contributed by atoms with Crippen molar-refractivity contribution in [3.8, 4) is 0 Å². The molecule has 0 heterocycles. The standard InChI is InChI=1S/C15H16Br2/c1-15(2)13-9(5-3-7-11(13)16)10-6-4-8-12(17)14(10)15/h3,5,7-8,11,13H,4,6H2,1-2H3/t11-,13?/m1/s1. The van der Waals surface area contributed by atoms with E-state index in [9.17, 15) is 0 Å². The normalized spacial score (nSPS) is 34.1. The van der Waals surface area contributed by atoms with Crippen LogP contribution in [0.15, 0.2) is 45.5 Å². The maximum absolute atomic E-state index is 3.84. The van der Waals surface area contributed by atoms with Crippen molar-refractivity contribution in [2.75, 3.05) is 0 Å². The third-order valence-corrected chi connectivity index (χ3v) is 5.81. The van der Waals surface area contributed by atoms with Crippen LogP contribution in [0.4, 0.5) is 0 Å². The van der Waals surface area contributed by atoms with Gasteiger partial charge in [0.2, 0.25) is 0 Å². The molecule has 2 heteroatoms. The van der Waals surface area contributed by atoms with E-state index >= 15 is 0 Å². The first kappa shape index (κ1) is 12.0. The lowest BCUT2D eigenvalue weighted by atomic mass is 9.73. The van der Waals surface area contributed by atoms with Crippen LogP contribution in [-0.4, -0.2) is 4.83 Å². The van der Waals surface area contributed by atoms with Gasteiger partial charge in [-0.1, -0.05) is 70.0 Å². The van der Waals surface area contributed by atoms with Crippen molar-refractivity contribution in [3.63, 3.8) is 0 Å². The van der Waals surface area contributed by atoms with Crippen LogP contribution < -0.4 is 0 Å². The molecule has 0 nitrogen and oxygen atoms in total. The highest BCUT2D eigenvalue weighted by Crippen LogP contribution is 2.59. The van der Waals surface area contributed by atoms with Crippen molar-refractivity contribution >= 4 is 31.9 Å². The van der Waals surface area contributed by atoms with E-state index in [2.05, 4.69) is 70.0 Å². The Hall–Kier alpha value is -0.0800. The molecule has 0 aliphatic heterocycles.